The van der Waals surface area contributed by atoms with Crippen molar-refractivity contribution in [3.05, 3.63) is 30.6 Å². The van der Waals surface area contributed by atoms with E-state index in [1.165, 1.54) is 0 Å². The van der Waals surface area contributed by atoms with E-state index in [1.807, 2.05) is 6.20 Å². The monoisotopic (exact) mass is 180 g/mol. The number of benzene rings is 1. The van der Waals surface area contributed by atoms with Crippen molar-refractivity contribution in [2.45, 2.75) is 4.90 Å². The molecule has 0 fully saturated rings. The zero-order valence-electron chi connectivity index (χ0n) is 6.11. The summed E-state index contributed by atoms with van der Waals surface area (Å²) in [7, 11) is 0. The van der Waals surface area contributed by atoms with Crippen LogP contribution in [0, 0.1) is 0 Å². The zero-order valence-corrected chi connectivity index (χ0v) is 6.93. The van der Waals surface area contributed by atoms with Gasteiger partial charge in [0, 0.05) is 22.7 Å². The van der Waals surface area contributed by atoms with Crippen LogP contribution in [0.25, 0.3) is 10.8 Å². The minimum absolute atomic E-state index is 0.321. The summed E-state index contributed by atoms with van der Waals surface area (Å²) in [6.45, 7) is 0. The second-order valence-corrected chi connectivity index (χ2v) is 3.42. The second kappa shape index (κ2) is 2.73. The first-order chi connectivity index (χ1) is 5.77. The Hall–Kier alpha value is -1.13. The average Bonchev–Trinajstić information content (AvgIpc) is 2.49. The van der Waals surface area contributed by atoms with Gasteiger partial charge < -0.3 is 9.54 Å². The smallest absolute Gasteiger partial charge is 0.0255 e. The maximum absolute atomic E-state index is 10.6. The lowest BCUT2D eigenvalue weighted by atomic mass is 10.2. The summed E-state index contributed by atoms with van der Waals surface area (Å²) >= 11 is -2.13. The minimum atomic E-state index is -2.13. The highest BCUT2D eigenvalue weighted by Crippen LogP contribution is 2.16. The van der Waals surface area contributed by atoms with Gasteiger partial charge in [-0.1, -0.05) is 6.07 Å². The second-order valence-electron chi connectivity index (χ2n) is 2.48. The molecule has 0 aliphatic heterocycles. The third kappa shape index (κ3) is 1.15. The first kappa shape index (κ1) is 7.52. The average molecular weight is 180 g/mol. The fraction of sp³-hybridized carbons (Fsp3) is 0. The van der Waals surface area contributed by atoms with Gasteiger partial charge in [0.05, 0.1) is 0 Å². The molecule has 2 rings (SSSR count). The predicted octanol–water partition coefficient (Wildman–Crippen LogP) is 1.41. The molecule has 0 saturated heterocycles. The fourth-order valence-corrected chi connectivity index (χ4v) is 1.54. The molecule has 1 N–H and O–H groups in total. The molecule has 0 saturated carbocycles. The SMILES string of the molecule is O=S([O-])c1ccc2c[nH]cc2c1. The molecule has 62 valence electrons. The first-order valence-corrected chi connectivity index (χ1v) is 4.51. The van der Waals surface area contributed by atoms with Crippen molar-refractivity contribution in [2.75, 3.05) is 0 Å². The summed E-state index contributed by atoms with van der Waals surface area (Å²) in [6.07, 6.45) is 3.60. The van der Waals surface area contributed by atoms with E-state index in [0.717, 1.165) is 10.8 Å². The van der Waals surface area contributed by atoms with E-state index in [0.29, 0.717) is 4.90 Å². The van der Waals surface area contributed by atoms with Crippen LogP contribution in [0.1, 0.15) is 0 Å². The standard InChI is InChI=1S/C8H7NO2S/c10-12(11)8-2-1-6-4-9-5-7(6)3-8/h1-5,9H,(H,10,11)/p-1. The van der Waals surface area contributed by atoms with Crippen LogP contribution in [0.2, 0.25) is 0 Å². The molecule has 0 aliphatic carbocycles. The topological polar surface area (TPSA) is 55.9 Å². The molecular weight excluding hydrogens is 174 g/mol. The Morgan fingerprint density at radius 3 is 2.75 bits per heavy atom. The molecule has 12 heavy (non-hydrogen) atoms. The number of fused-ring (bicyclic) bond motifs is 1. The molecular formula is C8H6NO2S-. The van der Waals surface area contributed by atoms with Gasteiger partial charge in [0.1, 0.15) is 0 Å². The highest BCUT2D eigenvalue weighted by Gasteiger charge is 1.95. The van der Waals surface area contributed by atoms with E-state index in [9.17, 15) is 8.76 Å². The summed E-state index contributed by atoms with van der Waals surface area (Å²) in [5.74, 6) is 0. The van der Waals surface area contributed by atoms with Crippen molar-refractivity contribution in [1.82, 2.24) is 4.98 Å². The van der Waals surface area contributed by atoms with Crippen LogP contribution in [0.3, 0.4) is 0 Å². The molecule has 0 bridgehead atoms. The molecule has 1 heterocycles. The molecule has 1 aromatic carbocycles. The van der Waals surface area contributed by atoms with Crippen LogP contribution in [0.5, 0.6) is 0 Å². The van der Waals surface area contributed by atoms with Crippen molar-refractivity contribution in [3.8, 4) is 0 Å². The van der Waals surface area contributed by atoms with Gasteiger partial charge in [-0.05, 0) is 28.6 Å². The van der Waals surface area contributed by atoms with Gasteiger partial charge >= 0.3 is 0 Å². The Labute approximate surface area is 71.7 Å². The lowest BCUT2D eigenvalue weighted by molar-refractivity contribution is 0.537. The molecule has 1 unspecified atom stereocenters. The molecule has 4 heteroatoms. The van der Waals surface area contributed by atoms with E-state index in [1.54, 1.807) is 24.4 Å². The maximum Gasteiger partial charge on any atom is 0.0255 e. The highest BCUT2D eigenvalue weighted by atomic mass is 32.2. The van der Waals surface area contributed by atoms with Crippen LogP contribution in [-0.4, -0.2) is 13.7 Å². The Kier molecular flexibility index (Phi) is 1.71. The summed E-state index contributed by atoms with van der Waals surface area (Å²) < 4.78 is 21.1. The van der Waals surface area contributed by atoms with Crippen LogP contribution in [0.4, 0.5) is 0 Å². The lowest BCUT2D eigenvalue weighted by Crippen LogP contribution is -1.86. The quantitative estimate of drug-likeness (QED) is 0.674. The largest absolute Gasteiger partial charge is 0.768 e. The fourth-order valence-electron chi connectivity index (χ4n) is 1.13. The molecule has 0 amide bonds. The summed E-state index contributed by atoms with van der Waals surface area (Å²) in [5.41, 5.74) is 0. The first-order valence-electron chi connectivity index (χ1n) is 3.43. The third-order valence-electron chi connectivity index (χ3n) is 1.73. The van der Waals surface area contributed by atoms with Crippen LogP contribution in [0.15, 0.2) is 35.5 Å². The van der Waals surface area contributed by atoms with Crippen molar-refractivity contribution < 1.29 is 8.76 Å². The van der Waals surface area contributed by atoms with Gasteiger partial charge in [-0.25, -0.2) is 0 Å². The Bertz CT molecular complexity index is 435. The number of nitrogens with one attached hydrogen (secondary N) is 1. The van der Waals surface area contributed by atoms with Gasteiger partial charge in [0.2, 0.25) is 0 Å². The highest BCUT2D eigenvalue weighted by molar-refractivity contribution is 7.79. The van der Waals surface area contributed by atoms with E-state index >= 15 is 0 Å². The van der Waals surface area contributed by atoms with Gasteiger partial charge in [-0.2, -0.15) is 0 Å². The number of aromatic amines is 1. The van der Waals surface area contributed by atoms with Gasteiger partial charge in [0.15, 0.2) is 0 Å². The van der Waals surface area contributed by atoms with Crippen LogP contribution >= 0.6 is 0 Å². The zero-order chi connectivity index (χ0) is 8.55. The summed E-state index contributed by atoms with van der Waals surface area (Å²) in [4.78, 5) is 3.22. The predicted molar refractivity (Wildman–Crippen MR) is 45.5 cm³/mol. The molecule has 3 nitrogen and oxygen atoms in total. The van der Waals surface area contributed by atoms with Gasteiger partial charge in [-0.15, -0.1) is 0 Å². The lowest BCUT2D eigenvalue weighted by Gasteiger charge is -2.03. The van der Waals surface area contributed by atoms with Crippen molar-refractivity contribution in [3.63, 3.8) is 0 Å². The Balaban J connectivity index is 2.68. The van der Waals surface area contributed by atoms with E-state index in [4.69, 9.17) is 0 Å². The molecule has 2 aromatic rings. The Morgan fingerprint density at radius 2 is 2.00 bits per heavy atom. The van der Waals surface area contributed by atoms with Crippen LogP contribution in [-0.2, 0) is 11.1 Å². The van der Waals surface area contributed by atoms with Crippen LogP contribution < -0.4 is 0 Å². The van der Waals surface area contributed by atoms with Gasteiger partial charge in [-0.3, -0.25) is 4.21 Å². The van der Waals surface area contributed by atoms with E-state index in [-0.39, 0.29) is 0 Å². The minimum Gasteiger partial charge on any atom is -0.768 e. The van der Waals surface area contributed by atoms with Crippen molar-refractivity contribution >= 4 is 21.9 Å². The van der Waals surface area contributed by atoms with E-state index in [2.05, 4.69) is 4.98 Å². The molecule has 0 spiro atoms. The Morgan fingerprint density at radius 1 is 1.25 bits per heavy atom. The summed E-state index contributed by atoms with van der Waals surface area (Å²) in [5, 5.41) is 1.93. The molecule has 0 radical (unpaired) electrons. The van der Waals surface area contributed by atoms with Crippen molar-refractivity contribution in [1.29, 1.82) is 0 Å². The normalized spacial score (nSPS) is 13.4. The van der Waals surface area contributed by atoms with E-state index < -0.39 is 11.1 Å². The summed E-state index contributed by atoms with van der Waals surface area (Å²) in [6, 6.07) is 4.99. The molecule has 1 aromatic heterocycles. The third-order valence-corrected chi connectivity index (χ3v) is 2.37. The number of hydrogen-bond donors (Lipinski definition) is 1. The number of H-pyrrole nitrogens is 1. The molecule has 0 aliphatic rings. The maximum atomic E-state index is 10.6. The number of hydrogen-bond acceptors (Lipinski definition) is 2. The molecule has 1 atom stereocenters. The number of aromatic nitrogens is 1. The number of rotatable bonds is 1. The van der Waals surface area contributed by atoms with Crippen molar-refractivity contribution in [2.24, 2.45) is 0 Å². The van der Waals surface area contributed by atoms with Gasteiger partial charge in [0.25, 0.3) is 0 Å².